The fraction of sp³-hybridized carbons (Fsp3) is 0.250. The third kappa shape index (κ3) is 3.46. The fourth-order valence-electron chi connectivity index (χ4n) is 1.00. The van der Waals surface area contributed by atoms with E-state index in [1.807, 2.05) is 19.1 Å². The highest BCUT2D eigenvalue weighted by Gasteiger charge is 2.09. The van der Waals surface area contributed by atoms with Gasteiger partial charge in [-0.1, -0.05) is 17.7 Å². The van der Waals surface area contributed by atoms with Crippen LogP contribution in [-0.2, 0) is 9.53 Å². The minimum Gasteiger partial charge on any atom is -0.460 e. The molecule has 0 amide bonds. The Morgan fingerprint density at radius 3 is 2.47 bits per heavy atom. The number of esters is 1. The second-order valence-corrected chi connectivity index (χ2v) is 3.06. The number of carbonyl (C=O) groups is 1. The SMILES string of the molecule is C=C(Oc1ccc(C)cc1)C(=O)OCC. The normalized spacial score (nSPS) is 9.47. The number of rotatable bonds is 4. The van der Waals surface area contributed by atoms with Crippen LogP contribution < -0.4 is 4.74 Å². The van der Waals surface area contributed by atoms with Crippen molar-refractivity contribution in [1.29, 1.82) is 0 Å². The number of hydrogen-bond donors (Lipinski definition) is 0. The topological polar surface area (TPSA) is 35.5 Å². The molecule has 0 atom stereocenters. The molecule has 1 aromatic rings. The summed E-state index contributed by atoms with van der Waals surface area (Å²) in [5.41, 5.74) is 1.13. The highest BCUT2D eigenvalue weighted by Crippen LogP contribution is 2.14. The van der Waals surface area contributed by atoms with Crippen molar-refractivity contribution in [2.24, 2.45) is 0 Å². The van der Waals surface area contributed by atoms with Gasteiger partial charge in [-0.2, -0.15) is 0 Å². The first kappa shape index (κ1) is 11.3. The Labute approximate surface area is 89.3 Å². The molecule has 0 aromatic heterocycles. The van der Waals surface area contributed by atoms with Crippen molar-refractivity contribution in [2.45, 2.75) is 13.8 Å². The van der Waals surface area contributed by atoms with E-state index in [-0.39, 0.29) is 5.76 Å². The molecule has 0 N–H and O–H groups in total. The molecule has 0 spiro atoms. The molecule has 0 radical (unpaired) electrons. The van der Waals surface area contributed by atoms with Crippen LogP contribution in [0.1, 0.15) is 12.5 Å². The summed E-state index contributed by atoms with van der Waals surface area (Å²) in [5, 5.41) is 0. The van der Waals surface area contributed by atoms with E-state index < -0.39 is 5.97 Å². The maximum atomic E-state index is 11.2. The van der Waals surface area contributed by atoms with E-state index in [0.29, 0.717) is 12.4 Å². The van der Waals surface area contributed by atoms with Crippen molar-refractivity contribution in [1.82, 2.24) is 0 Å². The molecule has 0 aliphatic carbocycles. The molecule has 15 heavy (non-hydrogen) atoms. The zero-order valence-corrected chi connectivity index (χ0v) is 8.95. The molecular weight excluding hydrogens is 192 g/mol. The van der Waals surface area contributed by atoms with Gasteiger partial charge < -0.3 is 9.47 Å². The summed E-state index contributed by atoms with van der Waals surface area (Å²) in [6, 6.07) is 7.35. The molecule has 1 aromatic carbocycles. The Bertz CT molecular complexity index is 352. The van der Waals surface area contributed by atoms with E-state index in [2.05, 4.69) is 6.58 Å². The van der Waals surface area contributed by atoms with Gasteiger partial charge in [0, 0.05) is 0 Å². The maximum Gasteiger partial charge on any atom is 0.373 e. The second kappa shape index (κ2) is 5.20. The molecule has 0 aliphatic heterocycles. The summed E-state index contributed by atoms with van der Waals surface area (Å²) < 4.78 is 9.95. The van der Waals surface area contributed by atoms with Crippen LogP contribution in [0.5, 0.6) is 5.75 Å². The lowest BCUT2D eigenvalue weighted by Gasteiger charge is -2.07. The molecule has 0 saturated heterocycles. The molecule has 0 fully saturated rings. The first-order valence-corrected chi connectivity index (χ1v) is 4.74. The van der Waals surface area contributed by atoms with Crippen LogP contribution in [0.25, 0.3) is 0 Å². The van der Waals surface area contributed by atoms with Gasteiger partial charge in [-0.15, -0.1) is 0 Å². The third-order valence-electron chi connectivity index (χ3n) is 1.77. The smallest absolute Gasteiger partial charge is 0.373 e. The van der Waals surface area contributed by atoms with Gasteiger partial charge in [-0.05, 0) is 32.6 Å². The lowest BCUT2D eigenvalue weighted by Crippen LogP contribution is -2.11. The molecular formula is C12H14O3. The highest BCUT2D eigenvalue weighted by atomic mass is 16.6. The standard InChI is InChI=1S/C12H14O3/c1-4-14-12(13)10(3)15-11-7-5-9(2)6-8-11/h5-8H,3-4H2,1-2H3. The Balaban J connectivity index is 2.58. The Kier molecular flexibility index (Phi) is 3.92. The average molecular weight is 206 g/mol. The molecule has 0 unspecified atom stereocenters. The van der Waals surface area contributed by atoms with Gasteiger partial charge in [0.05, 0.1) is 6.61 Å². The van der Waals surface area contributed by atoms with Crippen LogP contribution in [0.2, 0.25) is 0 Å². The van der Waals surface area contributed by atoms with Gasteiger partial charge in [-0.25, -0.2) is 4.79 Å². The molecule has 80 valence electrons. The Hall–Kier alpha value is -1.77. The number of carbonyl (C=O) groups excluding carboxylic acids is 1. The predicted octanol–water partition coefficient (Wildman–Crippen LogP) is 2.45. The van der Waals surface area contributed by atoms with Crippen LogP contribution in [0.3, 0.4) is 0 Å². The number of benzene rings is 1. The largest absolute Gasteiger partial charge is 0.460 e. The second-order valence-electron chi connectivity index (χ2n) is 3.06. The summed E-state index contributed by atoms with van der Waals surface area (Å²) in [4.78, 5) is 11.2. The molecule has 0 saturated carbocycles. The molecule has 0 heterocycles. The van der Waals surface area contributed by atoms with Gasteiger partial charge in [0.25, 0.3) is 0 Å². The Morgan fingerprint density at radius 2 is 1.93 bits per heavy atom. The highest BCUT2D eigenvalue weighted by molar-refractivity contribution is 5.86. The van der Waals surface area contributed by atoms with Gasteiger partial charge in [0.15, 0.2) is 0 Å². The zero-order chi connectivity index (χ0) is 11.3. The van der Waals surface area contributed by atoms with Crippen molar-refractivity contribution in [3.63, 3.8) is 0 Å². The van der Waals surface area contributed by atoms with E-state index in [0.717, 1.165) is 5.56 Å². The molecule has 1 rings (SSSR count). The first-order valence-electron chi connectivity index (χ1n) is 4.74. The molecule has 3 heteroatoms. The summed E-state index contributed by atoms with van der Waals surface area (Å²) in [5.74, 6) is 0.0532. The van der Waals surface area contributed by atoms with Crippen molar-refractivity contribution < 1.29 is 14.3 Å². The van der Waals surface area contributed by atoms with Crippen LogP contribution in [-0.4, -0.2) is 12.6 Å². The quantitative estimate of drug-likeness (QED) is 0.431. The minimum absolute atomic E-state index is 0.000651. The van der Waals surface area contributed by atoms with Gasteiger partial charge in [0.1, 0.15) is 5.75 Å². The van der Waals surface area contributed by atoms with E-state index in [9.17, 15) is 4.79 Å². The van der Waals surface area contributed by atoms with Crippen molar-refractivity contribution >= 4 is 5.97 Å². The van der Waals surface area contributed by atoms with Crippen LogP contribution in [0.4, 0.5) is 0 Å². The molecule has 3 nitrogen and oxygen atoms in total. The fourth-order valence-corrected chi connectivity index (χ4v) is 1.00. The molecule has 0 bridgehead atoms. The third-order valence-corrected chi connectivity index (χ3v) is 1.77. The van der Waals surface area contributed by atoms with Crippen molar-refractivity contribution in [3.05, 3.63) is 42.2 Å². The van der Waals surface area contributed by atoms with E-state index in [1.54, 1.807) is 19.1 Å². The number of ether oxygens (including phenoxy) is 2. The van der Waals surface area contributed by atoms with E-state index in [4.69, 9.17) is 9.47 Å². The van der Waals surface area contributed by atoms with Crippen molar-refractivity contribution in [2.75, 3.05) is 6.61 Å². The maximum absolute atomic E-state index is 11.2. The minimum atomic E-state index is -0.530. The molecule has 0 aliphatic rings. The van der Waals surface area contributed by atoms with E-state index >= 15 is 0 Å². The van der Waals surface area contributed by atoms with Crippen LogP contribution >= 0.6 is 0 Å². The van der Waals surface area contributed by atoms with Crippen LogP contribution in [0.15, 0.2) is 36.6 Å². The zero-order valence-electron chi connectivity index (χ0n) is 8.95. The lowest BCUT2D eigenvalue weighted by molar-refractivity contribution is -0.140. The monoisotopic (exact) mass is 206 g/mol. The van der Waals surface area contributed by atoms with E-state index in [1.165, 1.54) is 0 Å². The first-order chi connectivity index (χ1) is 7.13. The van der Waals surface area contributed by atoms with Crippen LogP contribution in [0, 0.1) is 6.92 Å². The summed E-state index contributed by atoms with van der Waals surface area (Å²) in [6.07, 6.45) is 0. The summed E-state index contributed by atoms with van der Waals surface area (Å²) in [6.45, 7) is 7.52. The summed E-state index contributed by atoms with van der Waals surface area (Å²) >= 11 is 0. The van der Waals surface area contributed by atoms with Gasteiger partial charge in [-0.3, -0.25) is 0 Å². The number of hydrogen-bond acceptors (Lipinski definition) is 3. The average Bonchev–Trinajstić information content (AvgIpc) is 2.22. The van der Waals surface area contributed by atoms with Gasteiger partial charge in [0.2, 0.25) is 5.76 Å². The predicted molar refractivity (Wildman–Crippen MR) is 57.6 cm³/mol. The van der Waals surface area contributed by atoms with Crippen molar-refractivity contribution in [3.8, 4) is 5.75 Å². The number of aryl methyl sites for hydroxylation is 1. The summed E-state index contributed by atoms with van der Waals surface area (Å²) in [7, 11) is 0. The van der Waals surface area contributed by atoms with Gasteiger partial charge >= 0.3 is 5.97 Å². The lowest BCUT2D eigenvalue weighted by atomic mass is 10.2. The Morgan fingerprint density at radius 1 is 1.33 bits per heavy atom.